The fraction of sp³-hybridized carbons (Fsp3) is 0.467. The number of halogens is 2. The first-order chi connectivity index (χ1) is 9.93. The molecule has 1 aromatic carbocycles. The average Bonchev–Trinajstić information content (AvgIpc) is 2.64. The van der Waals surface area contributed by atoms with Gasteiger partial charge in [-0.25, -0.2) is 0 Å². The summed E-state index contributed by atoms with van der Waals surface area (Å²) in [6, 6.07) is 4.77. The minimum atomic E-state index is -0.599. The van der Waals surface area contributed by atoms with E-state index in [1.807, 2.05) is 0 Å². The summed E-state index contributed by atoms with van der Waals surface area (Å²) in [5, 5.41) is 3.88. The van der Waals surface area contributed by atoms with E-state index in [-0.39, 0.29) is 5.91 Å². The third kappa shape index (κ3) is 4.09. The number of rotatable bonds is 3. The van der Waals surface area contributed by atoms with E-state index in [1.54, 1.807) is 18.2 Å². The van der Waals surface area contributed by atoms with Gasteiger partial charge in [0.2, 0.25) is 0 Å². The number of benzene rings is 1. The second-order valence-electron chi connectivity index (χ2n) is 5.47. The molecular formula is C15H18Cl2N2OS. The highest BCUT2D eigenvalue weighted by atomic mass is 35.5. The fourth-order valence-corrected chi connectivity index (χ4v) is 3.52. The molecule has 0 radical (unpaired) electrons. The van der Waals surface area contributed by atoms with Gasteiger partial charge in [0.05, 0.1) is 10.5 Å². The number of thiocarbonyl (C=S) groups is 1. The van der Waals surface area contributed by atoms with E-state index in [1.165, 1.54) is 0 Å². The van der Waals surface area contributed by atoms with Crippen LogP contribution in [0.25, 0.3) is 0 Å². The number of carbonyl (C=O) groups excluding carboxylic acids is 1. The Hall–Kier alpha value is -0.840. The summed E-state index contributed by atoms with van der Waals surface area (Å²) in [7, 11) is 0. The first-order valence-corrected chi connectivity index (χ1v) is 8.18. The van der Waals surface area contributed by atoms with E-state index in [0.717, 1.165) is 38.5 Å². The molecule has 1 aromatic rings. The number of nitrogens with two attached hydrogens (primary N) is 1. The van der Waals surface area contributed by atoms with Gasteiger partial charge in [0.15, 0.2) is 0 Å². The quantitative estimate of drug-likeness (QED) is 0.640. The third-order valence-electron chi connectivity index (χ3n) is 3.91. The van der Waals surface area contributed by atoms with Crippen molar-refractivity contribution in [1.29, 1.82) is 0 Å². The normalized spacial score (nSPS) is 17.8. The zero-order valence-corrected chi connectivity index (χ0v) is 14.0. The molecule has 114 valence electrons. The van der Waals surface area contributed by atoms with Crippen molar-refractivity contribution < 1.29 is 4.79 Å². The molecule has 1 amide bonds. The van der Waals surface area contributed by atoms with Gasteiger partial charge in [0, 0.05) is 15.6 Å². The molecule has 0 heterocycles. The van der Waals surface area contributed by atoms with Crippen molar-refractivity contribution in [3.05, 3.63) is 33.8 Å². The molecule has 3 N–H and O–H groups in total. The Balaban J connectivity index is 2.23. The number of hydrogen-bond donors (Lipinski definition) is 2. The molecule has 0 spiro atoms. The summed E-state index contributed by atoms with van der Waals surface area (Å²) in [4.78, 5) is 12.8. The maximum atomic E-state index is 12.5. The van der Waals surface area contributed by atoms with Crippen molar-refractivity contribution in [1.82, 2.24) is 5.32 Å². The Labute approximate surface area is 140 Å². The van der Waals surface area contributed by atoms with Gasteiger partial charge < -0.3 is 11.1 Å². The van der Waals surface area contributed by atoms with Crippen molar-refractivity contribution >= 4 is 46.3 Å². The van der Waals surface area contributed by atoms with Crippen molar-refractivity contribution in [3.63, 3.8) is 0 Å². The van der Waals surface area contributed by atoms with Crippen LogP contribution < -0.4 is 11.1 Å². The van der Waals surface area contributed by atoms with Crippen molar-refractivity contribution in [2.24, 2.45) is 5.73 Å². The number of nitrogens with one attached hydrogen (secondary N) is 1. The van der Waals surface area contributed by atoms with Crippen LogP contribution in [0.1, 0.15) is 48.9 Å². The van der Waals surface area contributed by atoms with Crippen LogP contribution in [-0.4, -0.2) is 16.4 Å². The Kier molecular flexibility index (Phi) is 5.47. The lowest BCUT2D eigenvalue weighted by Crippen LogP contribution is -2.56. The first kappa shape index (κ1) is 16.5. The Morgan fingerprint density at radius 2 is 1.62 bits per heavy atom. The monoisotopic (exact) mass is 344 g/mol. The first-order valence-electron chi connectivity index (χ1n) is 7.01. The second kappa shape index (κ2) is 6.95. The lowest BCUT2D eigenvalue weighted by molar-refractivity contribution is 0.0917. The lowest BCUT2D eigenvalue weighted by atomic mass is 9.89. The number of carbonyl (C=O) groups is 1. The molecule has 2 rings (SSSR count). The van der Waals surface area contributed by atoms with E-state index in [0.29, 0.717) is 20.6 Å². The smallest absolute Gasteiger partial charge is 0.252 e. The van der Waals surface area contributed by atoms with Gasteiger partial charge in [0.1, 0.15) is 0 Å². The number of amides is 1. The zero-order valence-electron chi connectivity index (χ0n) is 11.6. The van der Waals surface area contributed by atoms with Crippen LogP contribution in [0, 0.1) is 0 Å². The van der Waals surface area contributed by atoms with Gasteiger partial charge in [0.25, 0.3) is 5.91 Å². The van der Waals surface area contributed by atoms with E-state index in [4.69, 9.17) is 41.2 Å². The summed E-state index contributed by atoms with van der Waals surface area (Å²) in [5.74, 6) is -0.242. The minimum Gasteiger partial charge on any atom is -0.391 e. The lowest BCUT2D eigenvalue weighted by Gasteiger charge is -2.33. The van der Waals surface area contributed by atoms with Crippen LogP contribution in [0.3, 0.4) is 0 Å². The van der Waals surface area contributed by atoms with Gasteiger partial charge in [-0.15, -0.1) is 0 Å². The van der Waals surface area contributed by atoms with E-state index in [2.05, 4.69) is 5.32 Å². The summed E-state index contributed by atoms with van der Waals surface area (Å²) in [6.45, 7) is 0. The summed E-state index contributed by atoms with van der Waals surface area (Å²) >= 11 is 17.1. The molecule has 0 aromatic heterocycles. The molecule has 0 saturated heterocycles. The highest BCUT2D eigenvalue weighted by Gasteiger charge is 2.35. The molecule has 1 aliphatic carbocycles. The van der Waals surface area contributed by atoms with E-state index >= 15 is 0 Å². The molecule has 0 aliphatic heterocycles. The third-order valence-corrected chi connectivity index (χ3v) is 4.73. The topological polar surface area (TPSA) is 55.1 Å². The van der Waals surface area contributed by atoms with Crippen molar-refractivity contribution in [2.45, 2.75) is 44.1 Å². The Morgan fingerprint density at radius 3 is 2.10 bits per heavy atom. The summed E-state index contributed by atoms with van der Waals surface area (Å²) in [6.07, 6.45) is 5.86. The van der Waals surface area contributed by atoms with Crippen LogP contribution in [-0.2, 0) is 0 Å². The van der Waals surface area contributed by atoms with Gasteiger partial charge in [-0.05, 0) is 31.0 Å². The average molecular weight is 345 g/mol. The molecule has 0 unspecified atom stereocenters. The molecule has 21 heavy (non-hydrogen) atoms. The van der Waals surface area contributed by atoms with Crippen molar-refractivity contribution in [3.8, 4) is 0 Å². The fourth-order valence-electron chi connectivity index (χ4n) is 2.74. The van der Waals surface area contributed by atoms with Gasteiger partial charge in [-0.3, -0.25) is 4.79 Å². The van der Waals surface area contributed by atoms with Crippen LogP contribution in [0.4, 0.5) is 0 Å². The molecule has 3 nitrogen and oxygen atoms in total. The molecule has 0 atom stereocenters. The van der Waals surface area contributed by atoms with Gasteiger partial charge >= 0.3 is 0 Å². The predicted molar refractivity (Wildman–Crippen MR) is 91.1 cm³/mol. The van der Waals surface area contributed by atoms with E-state index < -0.39 is 5.54 Å². The molecule has 1 aliphatic rings. The van der Waals surface area contributed by atoms with Crippen molar-refractivity contribution in [2.75, 3.05) is 0 Å². The Morgan fingerprint density at radius 1 is 1.10 bits per heavy atom. The molecular weight excluding hydrogens is 327 g/mol. The van der Waals surface area contributed by atoms with Crippen LogP contribution in [0.2, 0.25) is 10.0 Å². The highest BCUT2D eigenvalue weighted by molar-refractivity contribution is 7.80. The Bertz CT molecular complexity index is 534. The maximum absolute atomic E-state index is 12.5. The van der Waals surface area contributed by atoms with Gasteiger partial charge in [-0.2, -0.15) is 0 Å². The SMILES string of the molecule is NC(=S)C1(NC(=O)c2cc(Cl)cc(Cl)c2)CCCCCC1. The van der Waals surface area contributed by atoms with Crippen LogP contribution >= 0.6 is 35.4 Å². The predicted octanol–water partition coefficient (Wildman–Crippen LogP) is 4.10. The largest absolute Gasteiger partial charge is 0.391 e. The summed E-state index contributed by atoms with van der Waals surface area (Å²) in [5.41, 5.74) is 5.75. The summed E-state index contributed by atoms with van der Waals surface area (Å²) < 4.78 is 0. The van der Waals surface area contributed by atoms with Crippen LogP contribution in [0.15, 0.2) is 18.2 Å². The van der Waals surface area contributed by atoms with Gasteiger partial charge in [-0.1, -0.05) is 61.1 Å². The highest BCUT2D eigenvalue weighted by Crippen LogP contribution is 2.28. The molecule has 6 heteroatoms. The standard InChI is InChI=1S/C15H18Cl2N2OS/c16-11-7-10(8-12(17)9-11)13(20)19-15(14(18)21)5-3-1-2-4-6-15/h7-9H,1-6H2,(H2,18,21)(H,19,20). The van der Waals surface area contributed by atoms with E-state index in [9.17, 15) is 4.79 Å². The number of hydrogen-bond acceptors (Lipinski definition) is 2. The maximum Gasteiger partial charge on any atom is 0.252 e. The second-order valence-corrected chi connectivity index (χ2v) is 6.79. The molecule has 1 fully saturated rings. The zero-order chi connectivity index (χ0) is 15.5. The minimum absolute atomic E-state index is 0.242. The van der Waals surface area contributed by atoms with Crippen LogP contribution in [0.5, 0.6) is 0 Å². The molecule has 0 bridgehead atoms. The molecule has 1 saturated carbocycles.